The minimum Gasteiger partial charge on any atom is -0.310 e. The number of aromatic nitrogens is 2. The van der Waals surface area contributed by atoms with E-state index in [4.69, 9.17) is 0 Å². The Morgan fingerprint density at radius 3 is 0.864 bits per heavy atom. The molecule has 5 heteroatoms. The molecule has 22 aromatic carbocycles. The molecule has 3 heterocycles. The first-order valence-corrected chi connectivity index (χ1v) is 49.0. The number of anilines is 6. The van der Waals surface area contributed by atoms with Crippen molar-refractivity contribution in [1.29, 1.82) is 0 Å². The first kappa shape index (κ1) is 84.0. The van der Waals surface area contributed by atoms with E-state index in [-0.39, 0.29) is 17.3 Å². The van der Waals surface area contributed by atoms with Crippen LogP contribution < -0.4 is 9.80 Å². The Kier molecular flexibility index (Phi) is 21.5. The van der Waals surface area contributed by atoms with Crippen molar-refractivity contribution in [2.24, 2.45) is 0 Å². The molecule has 0 saturated carbocycles. The Morgan fingerprint density at radius 2 is 0.514 bits per heavy atom. The lowest BCUT2D eigenvalue weighted by Crippen LogP contribution is -2.26. The smallest absolute Gasteiger partial charge is 0.0725 e. The van der Waals surface area contributed by atoms with Crippen molar-refractivity contribution < 1.29 is 0 Å². The zero-order valence-corrected chi connectivity index (χ0v) is 77.9. The van der Waals surface area contributed by atoms with Gasteiger partial charge in [-0.2, -0.15) is 0 Å². The van der Waals surface area contributed by atoms with Gasteiger partial charge in [0.25, 0.3) is 0 Å². The van der Waals surface area contributed by atoms with E-state index in [1.54, 1.807) is 0 Å². The molecule has 3 aromatic heterocycles. The fraction of sp³-hybridized carbons (Fsp3) is 0.0222. The Hall–Kier alpha value is -17.7. The van der Waals surface area contributed by atoms with Crippen molar-refractivity contribution in [2.45, 2.75) is 17.3 Å². The van der Waals surface area contributed by atoms with Gasteiger partial charge >= 0.3 is 0 Å². The molecular formula is C135H94N4S. The molecule has 0 aliphatic heterocycles. The van der Waals surface area contributed by atoms with Crippen LogP contribution in [0.4, 0.5) is 34.1 Å². The van der Waals surface area contributed by atoms with Gasteiger partial charge in [-0.1, -0.05) is 414 Å². The molecule has 1 spiro atoms. The summed E-state index contributed by atoms with van der Waals surface area (Å²) >= 11 is 1.87. The van der Waals surface area contributed by atoms with Gasteiger partial charge in [0.15, 0.2) is 0 Å². The highest BCUT2D eigenvalue weighted by Gasteiger charge is 2.52. The van der Waals surface area contributed by atoms with E-state index in [1.165, 1.54) is 175 Å². The predicted molar refractivity (Wildman–Crippen MR) is 595 cm³/mol. The number of hydrogen-bond acceptors (Lipinski definition) is 3. The highest BCUT2D eigenvalue weighted by molar-refractivity contribution is 7.25. The Morgan fingerprint density at radius 1 is 0.221 bits per heavy atom. The number of thiophene rings is 1. The van der Waals surface area contributed by atoms with E-state index in [0.29, 0.717) is 0 Å². The lowest BCUT2D eigenvalue weighted by atomic mass is 9.70. The van der Waals surface area contributed by atoms with Gasteiger partial charge in [-0.3, -0.25) is 0 Å². The van der Waals surface area contributed by atoms with Crippen LogP contribution in [0.5, 0.6) is 0 Å². The average molecular weight is 1800 g/mol. The monoisotopic (exact) mass is 1800 g/mol. The van der Waals surface area contributed by atoms with Crippen LogP contribution in [-0.4, -0.2) is 9.13 Å². The molecule has 0 radical (unpaired) electrons. The molecule has 660 valence electrons. The predicted octanol–water partition coefficient (Wildman–Crippen LogP) is 36.5. The summed E-state index contributed by atoms with van der Waals surface area (Å²) in [5.41, 5.74) is 36.7. The molecule has 0 bridgehead atoms. The summed E-state index contributed by atoms with van der Waals surface area (Å²) in [4.78, 5) is 4.67. The zero-order chi connectivity index (χ0) is 93.1. The van der Waals surface area contributed by atoms with Crippen LogP contribution in [0.2, 0.25) is 0 Å². The minimum atomic E-state index is -0.390. The third kappa shape index (κ3) is 14.6. The fourth-order valence-corrected chi connectivity index (χ4v) is 23.6. The van der Waals surface area contributed by atoms with E-state index in [1.807, 2.05) is 23.5 Å². The van der Waals surface area contributed by atoms with Crippen LogP contribution in [0, 0.1) is 0 Å². The second-order valence-electron chi connectivity index (χ2n) is 36.5. The topological polar surface area (TPSA) is 16.3 Å². The quantitative estimate of drug-likeness (QED) is 0.0845. The van der Waals surface area contributed by atoms with Gasteiger partial charge in [0.05, 0.1) is 38.9 Å². The summed E-state index contributed by atoms with van der Waals surface area (Å²) < 4.78 is 7.44. The van der Waals surface area contributed by atoms with Crippen molar-refractivity contribution in [3.8, 4) is 44.8 Å². The van der Waals surface area contributed by atoms with Crippen LogP contribution in [0.25, 0.3) is 142 Å². The lowest BCUT2D eigenvalue weighted by molar-refractivity contribution is 0.791. The number of hydrogen-bond donors (Lipinski definition) is 0. The van der Waals surface area contributed by atoms with Gasteiger partial charge in [0.1, 0.15) is 0 Å². The number of fused-ring (bicyclic) bond motifs is 21. The number of benzene rings is 22. The van der Waals surface area contributed by atoms with Gasteiger partial charge in [-0.05, 0) is 244 Å². The second kappa shape index (κ2) is 35.8. The molecule has 0 saturated heterocycles. The maximum absolute atomic E-state index is 3.95. The van der Waals surface area contributed by atoms with E-state index >= 15 is 0 Å². The summed E-state index contributed by atoms with van der Waals surface area (Å²) in [6, 6.07) is 191. The minimum absolute atomic E-state index is 0.116. The molecule has 0 unspecified atom stereocenters. The maximum Gasteiger partial charge on any atom is 0.0725 e. The summed E-state index contributed by atoms with van der Waals surface area (Å²) in [6.45, 7) is 7.89. The van der Waals surface area contributed by atoms with Gasteiger partial charge in [-0.15, -0.1) is 11.3 Å². The van der Waals surface area contributed by atoms with Crippen molar-refractivity contribution in [3.63, 3.8) is 0 Å². The Balaban J connectivity index is 0.000000112. The normalized spacial score (nSPS) is 12.1. The van der Waals surface area contributed by atoms with E-state index in [2.05, 4.69) is 554 Å². The van der Waals surface area contributed by atoms with Gasteiger partial charge in [0.2, 0.25) is 0 Å². The number of rotatable bonds is 17. The van der Waals surface area contributed by atoms with Crippen LogP contribution in [-0.2, 0) is 5.41 Å². The third-order valence-electron chi connectivity index (χ3n) is 28.8. The molecule has 2 aliphatic carbocycles. The van der Waals surface area contributed by atoms with Gasteiger partial charge in [0, 0.05) is 98.4 Å². The van der Waals surface area contributed by atoms with Gasteiger partial charge in [-0.25, -0.2) is 0 Å². The molecule has 0 N–H and O–H groups in total. The number of nitrogens with zero attached hydrogens (tertiary/aromatic N) is 4. The fourth-order valence-electron chi connectivity index (χ4n) is 22.5. The van der Waals surface area contributed by atoms with Crippen molar-refractivity contribution in [2.75, 3.05) is 9.80 Å². The molecule has 4 nitrogen and oxygen atoms in total. The molecule has 0 amide bonds. The Labute approximate surface area is 819 Å². The molecule has 2 aliphatic rings. The van der Waals surface area contributed by atoms with Crippen LogP contribution in [0.15, 0.2) is 535 Å². The first-order valence-electron chi connectivity index (χ1n) is 48.2. The summed E-state index contributed by atoms with van der Waals surface area (Å²) in [6.07, 6.45) is 3.76. The van der Waals surface area contributed by atoms with E-state index < -0.39 is 0 Å². The largest absolute Gasteiger partial charge is 0.310 e. The number of para-hydroxylation sites is 4. The molecular weight excluding hydrogens is 1710 g/mol. The second-order valence-corrected chi connectivity index (χ2v) is 37.6. The molecule has 0 atom stereocenters. The SMILES string of the molecule is C=Cc1ccc(N(c2ccc(-c3ccc(N(c4ccc(C=C)cc4)c4cccc5ccccc45)cc3)cc2)c2cccc3ccccc23)cc1.c1ccc(C(c2ccccc2)c2ccc3c(c2)-c2cc(C(c4ccccc4)c4ccccc4)ccc2C32c3ccccc3-c3ccccc32)cc1.c1ccc2c(c1)c1ccccc1n2-c1ccc2sc3ccc(-n4c5ccccc5c5ccccc54)cc3c2c1. The zero-order valence-electron chi connectivity index (χ0n) is 77.1. The highest BCUT2D eigenvalue weighted by Crippen LogP contribution is 2.64. The molecule has 27 rings (SSSR count). The highest BCUT2D eigenvalue weighted by atomic mass is 32.1. The van der Waals surface area contributed by atoms with Crippen molar-refractivity contribution >= 4 is 143 Å². The van der Waals surface area contributed by atoms with Crippen LogP contribution >= 0.6 is 11.3 Å². The van der Waals surface area contributed by atoms with Crippen LogP contribution in [0.3, 0.4) is 0 Å². The van der Waals surface area contributed by atoms with E-state index in [0.717, 1.165) is 56.4 Å². The molecule has 140 heavy (non-hydrogen) atoms. The summed E-state index contributed by atoms with van der Waals surface area (Å²) in [7, 11) is 0. The molecule has 25 aromatic rings. The lowest BCUT2D eigenvalue weighted by Gasteiger charge is -2.31. The van der Waals surface area contributed by atoms with E-state index in [9.17, 15) is 0 Å². The first-order chi connectivity index (χ1) is 69.4. The van der Waals surface area contributed by atoms with Crippen molar-refractivity contribution in [3.05, 3.63) is 602 Å². The summed E-state index contributed by atoms with van der Waals surface area (Å²) in [5.74, 6) is 0.232. The van der Waals surface area contributed by atoms with Crippen LogP contribution in [0.1, 0.15) is 78.6 Å². The molecule has 0 fully saturated rings. The third-order valence-corrected chi connectivity index (χ3v) is 30.0. The average Bonchev–Trinajstić information content (AvgIpc) is 1.50. The maximum atomic E-state index is 3.95. The Bertz CT molecular complexity index is 8310. The van der Waals surface area contributed by atoms with Crippen molar-refractivity contribution in [1.82, 2.24) is 9.13 Å². The van der Waals surface area contributed by atoms with Gasteiger partial charge < -0.3 is 18.9 Å². The summed E-state index contributed by atoms with van der Waals surface area (Å²) in [5, 5.41) is 12.6. The standard InChI is InChI=1S/C51H36.C48H36N2.C36H22N2S/c1-5-17-35(18-6-1)49(36-19-7-2-8-20-36)39-29-31-47-43(33-39)44-34-40(50(37-21-9-3-10-22-37)38-23-11-4-12-24-38)30-32-48(44)51(47)45-27-15-13-25-41(45)42-26-14-16-28-46(42)51;1-3-35-19-27-41(28-20-35)49(47-17-9-13-39-11-5-7-15-45(39)47)43-31-23-37(24-32-43)38-25-33-44(34-26-38)50(42-29-21-36(4-2)22-30-42)48-18-10-14-40-12-6-8-16-46(40)48;1-5-13-31-25(9-1)26-10-2-6-14-32(26)37(31)23-17-19-35-29(21-23)30-22-24(18-20-36(30)39-35)38-33-15-7-3-11-27(33)28-12-4-8-16-34(28)38/h1-34,49-50H;3-34H,1-2H2;1-22H.